The third-order valence-corrected chi connectivity index (χ3v) is 7.79. The van der Waals surface area contributed by atoms with Gasteiger partial charge < -0.3 is 10.0 Å². The van der Waals surface area contributed by atoms with E-state index in [1.165, 1.54) is 40.9 Å². The van der Waals surface area contributed by atoms with Gasteiger partial charge in [0, 0.05) is 0 Å². The Morgan fingerprint density at radius 1 is 1.14 bits per heavy atom. The van der Waals surface area contributed by atoms with E-state index in [9.17, 15) is 5.11 Å². The summed E-state index contributed by atoms with van der Waals surface area (Å²) in [7, 11) is 0. The maximum atomic E-state index is 10.8. The van der Waals surface area contributed by atoms with E-state index < -0.39 is 0 Å². The number of fused-ring (bicyclic) bond motifs is 1. The van der Waals surface area contributed by atoms with Crippen LogP contribution in [-0.2, 0) is 6.42 Å². The molecule has 1 aromatic carbocycles. The van der Waals surface area contributed by atoms with Gasteiger partial charge in [-0.3, -0.25) is 0 Å². The van der Waals surface area contributed by atoms with E-state index in [0.29, 0.717) is 0 Å². The lowest BCUT2D eigenvalue weighted by Gasteiger charge is -2.34. The first-order valence-electron chi connectivity index (χ1n) is 9.73. The molecule has 7 heteroatoms. The van der Waals surface area contributed by atoms with Gasteiger partial charge in [-0.25, -0.2) is 4.98 Å². The van der Waals surface area contributed by atoms with Crippen molar-refractivity contribution in [2.75, 3.05) is 13.1 Å². The standard InChI is InChI=1S/C21H22N4OS2/c26-20-19(28-21-22-14-23-25(20)21)18(17-7-4-12-27-17)24-10-8-16(9-11-24)13-15-5-2-1-3-6-15/h1-7,12,14,16,18,26H,8-11,13H2/p+1/t18-/m1/s1. The van der Waals surface area contributed by atoms with Crippen molar-refractivity contribution in [2.45, 2.75) is 25.3 Å². The topological polar surface area (TPSA) is 54.9 Å². The summed E-state index contributed by atoms with van der Waals surface area (Å²) in [6.07, 6.45) is 5.10. The fourth-order valence-electron chi connectivity index (χ4n) is 4.34. The minimum atomic E-state index is 0.158. The Labute approximate surface area is 171 Å². The van der Waals surface area contributed by atoms with Gasteiger partial charge in [0.15, 0.2) is 6.04 Å². The number of piperidine rings is 1. The van der Waals surface area contributed by atoms with Crippen LogP contribution in [0.2, 0.25) is 0 Å². The van der Waals surface area contributed by atoms with E-state index in [0.717, 1.165) is 28.8 Å². The number of aromatic hydroxyl groups is 1. The molecule has 0 amide bonds. The summed E-state index contributed by atoms with van der Waals surface area (Å²) in [6.45, 7) is 2.24. The molecule has 5 nitrogen and oxygen atoms in total. The zero-order valence-corrected chi connectivity index (χ0v) is 17.1. The number of nitrogens with zero attached hydrogens (tertiary/aromatic N) is 3. The van der Waals surface area contributed by atoms with Crippen LogP contribution in [0.25, 0.3) is 4.96 Å². The number of aromatic nitrogens is 3. The summed E-state index contributed by atoms with van der Waals surface area (Å²) in [5.74, 6) is 0.987. The summed E-state index contributed by atoms with van der Waals surface area (Å²) in [5, 5.41) is 17.1. The first kappa shape index (κ1) is 17.8. The lowest BCUT2D eigenvalue weighted by molar-refractivity contribution is -0.930. The van der Waals surface area contributed by atoms with Crippen molar-refractivity contribution in [1.82, 2.24) is 14.6 Å². The molecule has 5 rings (SSSR count). The third-order valence-electron chi connectivity index (χ3n) is 5.75. The molecule has 1 saturated heterocycles. The minimum Gasteiger partial charge on any atom is -0.492 e. The molecule has 2 N–H and O–H groups in total. The van der Waals surface area contributed by atoms with Gasteiger partial charge in [0.2, 0.25) is 10.8 Å². The Kier molecular flexibility index (Phi) is 4.88. The summed E-state index contributed by atoms with van der Waals surface area (Å²) in [4.78, 5) is 8.85. The largest absolute Gasteiger partial charge is 0.492 e. The molecular weight excluding hydrogens is 388 g/mol. The zero-order chi connectivity index (χ0) is 18.9. The van der Waals surface area contributed by atoms with E-state index in [4.69, 9.17) is 0 Å². The summed E-state index contributed by atoms with van der Waals surface area (Å²) >= 11 is 3.33. The van der Waals surface area contributed by atoms with Crippen molar-refractivity contribution in [3.8, 4) is 5.88 Å². The molecule has 28 heavy (non-hydrogen) atoms. The number of hydrogen-bond acceptors (Lipinski definition) is 5. The smallest absolute Gasteiger partial charge is 0.235 e. The highest BCUT2D eigenvalue weighted by atomic mass is 32.1. The molecule has 0 aliphatic carbocycles. The highest BCUT2D eigenvalue weighted by molar-refractivity contribution is 7.17. The predicted molar refractivity (Wildman–Crippen MR) is 112 cm³/mol. The number of likely N-dealkylation sites (tertiary alicyclic amines) is 1. The van der Waals surface area contributed by atoms with Crippen LogP contribution >= 0.6 is 22.7 Å². The quantitative estimate of drug-likeness (QED) is 0.530. The molecule has 1 aliphatic rings. The molecule has 4 aromatic rings. The molecule has 144 valence electrons. The molecule has 1 atom stereocenters. The van der Waals surface area contributed by atoms with Gasteiger partial charge in [-0.15, -0.1) is 11.3 Å². The van der Waals surface area contributed by atoms with Crippen molar-refractivity contribution < 1.29 is 10.0 Å². The Bertz CT molecular complexity index is 1030. The average Bonchev–Trinajstić information content (AvgIpc) is 3.46. The fourth-order valence-corrected chi connectivity index (χ4v) is 6.41. The second-order valence-electron chi connectivity index (χ2n) is 7.48. The first-order valence-corrected chi connectivity index (χ1v) is 11.4. The molecule has 0 bridgehead atoms. The van der Waals surface area contributed by atoms with E-state index in [2.05, 4.69) is 57.9 Å². The van der Waals surface area contributed by atoms with Crippen LogP contribution < -0.4 is 4.90 Å². The maximum absolute atomic E-state index is 10.8. The Balaban J connectivity index is 1.37. The highest BCUT2D eigenvalue weighted by Gasteiger charge is 2.35. The Morgan fingerprint density at radius 3 is 2.68 bits per heavy atom. The molecule has 1 fully saturated rings. The van der Waals surface area contributed by atoms with Crippen LogP contribution in [0.5, 0.6) is 5.88 Å². The second kappa shape index (κ2) is 7.66. The van der Waals surface area contributed by atoms with Crippen molar-refractivity contribution in [3.63, 3.8) is 0 Å². The molecule has 0 saturated carbocycles. The lowest BCUT2D eigenvalue weighted by Crippen LogP contribution is -3.13. The van der Waals surface area contributed by atoms with Gasteiger partial charge in [-0.1, -0.05) is 47.7 Å². The average molecular weight is 412 g/mol. The molecule has 3 aromatic heterocycles. The van der Waals surface area contributed by atoms with Gasteiger partial charge >= 0.3 is 0 Å². The minimum absolute atomic E-state index is 0.158. The highest BCUT2D eigenvalue weighted by Crippen LogP contribution is 2.36. The Morgan fingerprint density at radius 2 is 1.96 bits per heavy atom. The monoisotopic (exact) mass is 411 g/mol. The van der Waals surface area contributed by atoms with E-state index in [-0.39, 0.29) is 11.9 Å². The molecule has 0 radical (unpaired) electrons. The number of thiophene rings is 1. The summed E-state index contributed by atoms with van der Waals surface area (Å²) in [5.41, 5.74) is 1.44. The van der Waals surface area contributed by atoms with Crippen LogP contribution in [0, 0.1) is 5.92 Å². The number of thiazole rings is 1. The fraction of sp³-hybridized carbons (Fsp3) is 0.333. The van der Waals surface area contributed by atoms with E-state index >= 15 is 0 Å². The second-order valence-corrected chi connectivity index (χ2v) is 9.47. The SMILES string of the molecule is Oc1c([C@@H](c2cccs2)[NH+]2CCC(Cc3ccccc3)CC2)sc2ncnn12. The molecular formula is C21H23N4OS2+. The summed E-state index contributed by atoms with van der Waals surface area (Å²) in [6, 6.07) is 15.3. The van der Waals surface area contributed by atoms with Gasteiger partial charge in [0.1, 0.15) is 11.2 Å². The maximum Gasteiger partial charge on any atom is 0.235 e. The number of hydrogen-bond donors (Lipinski definition) is 2. The number of rotatable bonds is 5. The predicted octanol–water partition coefficient (Wildman–Crippen LogP) is 3.18. The molecule has 0 spiro atoms. The normalized spacial score (nSPS) is 21.1. The number of benzene rings is 1. The van der Waals surface area contributed by atoms with Gasteiger partial charge in [0.05, 0.1) is 18.0 Å². The van der Waals surface area contributed by atoms with Crippen LogP contribution in [0.4, 0.5) is 0 Å². The number of quaternary nitrogens is 1. The lowest BCUT2D eigenvalue weighted by atomic mass is 9.89. The van der Waals surface area contributed by atoms with Crippen molar-refractivity contribution in [2.24, 2.45) is 5.92 Å². The van der Waals surface area contributed by atoms with Gasteiger partial charge in [-0.05, 0) is 42.2 Å². The van der Waals surface area contributed by atoms with E-state index in [1.807, 2.05) is 0 Å². The van der Waals surface area contributed by atoms with E-state index in [1.54, 1.807) is 27.2 Å². The third kappa shape index (κ3) is 3.34. The van der Waals surface area contributed by atoms with Crippen LogP contribution in [0.3, 0.4) is 0 Å². The van der Waals surface area contributed by atoms with Crippen molar-refractivity contribution >= 4 is 27.6 Å². The van der Waals surface area contributed by atoms with Crippen LogP contribution in [-0.4, -0.2) is 32.8 Å². The molecule has 4 heterocycles. The molecule has 1 aliphatic heterocycles. The van der Waals surface area contributed by atoms with Crippen LogP contribution in [0.15, 0.2) is 54.2 Å². The Hall–Kier alpha value is -2.22. The summed E-state index contributed by atoms with van der Waals surface area (Å²) < 4.78 is 1.56. The van der Waals surface area contributed by atoms with Gasteiger partial charge in [-0.2, -0.15) is 9.61 Å². The first-order chi connectivity index (χ1) is 13.8. The van der Waals surface area contributed by atoms with Crippen molar-refractivity contribution in [1.29, 1.82) is 0 Å². The number of nitrogens with one attached hydrogen (secondary N) is 1. The molecule has 0 unspecified atom stereocenters. The van der Waals surface area contributed by atoms with Gasteiger partial charge in [0.25, 0.3) is 0 Å². The van der Waals surface area contributed by atoms with Crippen molar-refractivity contribution in [3.05, 3.63) is 69.5 Å². The van der Waals surface area contributed by atoms with Crippen LogP contribution in [0.1, 0.15) is 34.2 Å². The zero-order valence-electron chi connectivity index (χ0n) is 15.5.